The largest absolute Gasteiger partial charge is 0.493 e. The number of carboxylic acid groups (broad SMARTS) is 1. The number of carboxylic acids is 1. The van der Waals surface area contributed by atoms with Gasteiger partial charge in [0.1, 0.15) is 23.4 Å². The molecule has 7 heteroatoms. The van der Waals surface area contributed by atoms with Crippen LogP contribution in [0.25, 0.3) is 11.0 Å². The van der Waals surface area contributed by atoms with E-state index in [0.29, 0.717) is 13.2 Å². The standard InChI is InChI=1S/C27H33FO5S/c1-3-5-13-32-25-18-33-27-21(8-4-2)24(12-11-22(25)27)31-14-6-7-15-34-20-10-9-19(16-26(29)30)23(28)17-20/h9-12,17-18H,3-8,13-16H2,1-2H3,(H,29,30). The molecule has 1 heterocycles. The molecule has 1 N–H and O–H groups in total. The van der Waals surface area contributed by atoms with Crippen molar-refractivity contribution in [3.05, 3.63) is 53.5 Å². The van der Waals surface area contributed by atoms with E-state index in [9.17, 15) is 9.18 Å². The predicted molar refractivity (Wildman–Crippen MR) is 134 cm³/mol. The number of ether oxygens (including phenoxy) is 2. The zero-order valence-electron chi connectivity index (χ0n) is 19.9. The lowest BCUT2D eigenvalue weighted by Crippen LogP contribution is -2.02. The molecule has 0 saturated heterocycles. The number of hydrogen-bond donors (Lipinski definition) is 1. The average molecular weight is 489 g/mol. The maximum Gasteiger partial charge on any atom is 0.307 e. The minimum Gasteiger partial charge on any atom is -0.493 e. The lowest BCUT2D eigenvalue weighted by molar-refractivity contribution is -0.136. The normalized spacial score (nSPS) is 11.1. The highest BCUT2D eigenvalue weighted by molar-refractivity contribution is 7.99. The summed E-state index contributed by atoms with van der Waals surface area (Å²) in [7, 11) is 0. The summed E-state index contributed by atoms with van der Waals surface area (Å²) in [6.07, 6.45) is 7.14. The maximum atomic E-state index is 14.0. The molecule has 0 unspecified atom stereocenters. The van der Waals surface area contributed by atoms with Crippen LogP contribution in [0, 0.1) is 5.82 Å². The van der Waals surface area contributed by atoms with Gasteiger partial charge in [-0.25, -0.2) is 4.39 Å². The highest BCUT2D eigenvalue weighted by atomic mass is 32.2. The van der Waals surface area contributed by atoms with Gasteiger partial charge in [0, 0.05) is 10.5 Å². The van der Waals surface area contributed by atoms with E-state index < -0.39 is 11.8 Å². The summed E-state index contributed by atoms with van der Waals surface area (Å²) in [5.74, 6) is 0.975. The van der Waals surface area contributed by atoms with Crippen LogP contribution in [0.5, 0.6) is 11.5 Å². The van der Waals surface area contributed by atoms with Crippen molar-refractivity contribution >= 4 is 28.7 Å². The zero-order valence-corrected chi connectivity index (χ0v) is 20.7. The van der Waals surface area contributed by atoms with Crippen LogP contribution in [0.15, 0.2) is 45.9 Å². The van der Waals surface area contributed by atoms with Crippen molar-refractivity contribution in [3.8, 4) is 11.5 Å². The van der Waals surface area contributed by atoms with Crippen molar-refractivity contribution in [1.29, 1.82) is 0 Å². The Labute approximate surface area is 204 Å². The Hall–Kier alpha value is -2.67. The van der Waals surface area contributed by atoms with Crippen LogP contribution in [0.2, 0.25) is 0 Å². The van der Waals surface area contributed by atoms with Crippen LogP contribution in [-0.2, 0) is 17.6 Å². The van der Waals surface area contributed by atoms with E-state index in [1.807, 2.05) is 12.1 Å². The fraction of sp³-hybridized carbons (Fsp3) is 0.444. The molecule has 0 radical (unpaired) electrons. The van der Waals surface area contributed by atoms with Crippen LogP contribution in [-0.4, -0.2) is 30.0 Å². The van der Waals surface area contributed by atoms with Gasteiger partial charge in [0.15, 0.2) is 5.75 Å². The third-order valence-corrected chi connectivity index (χ3v) is 6.53. The molecule has 0 aliphatic carbocycles. The summed E-state index contributed by atoms with van der Waals surface area (Å²) in [6.45, 7) is 5.55. The Morgan fingerprint density at radius 2 is 1.82 bits per heavy atom. The van der Waals surface area contributed by atoms with Crippen molar-refractivity contribution in [3.63, 3.8) is 0 Å². The summed E-state index contributed by atoms with van der Waals surface area (Å²) >= 11 is 1.56. The average Bonchev–Trinajstić information content (AvgIpc) is 3.22. The molecule has 0 atom stereocenters. The van der Waals surface area contributed by atoms with Gasteiger partial charge in [0.05, 0.1) is 25.0 Å². The van der Waals surface area contributed by atoms with Crippen LogP contribution >= 0.6 is 11.8 Å². The summed E-state index contributed by atoms with van der Waals surface area (Å²) in [5, 5.41) is 9.80. The Morgan fingerprint density at radius 1 is 1.03 bits per heavy atom. The van der Waals surface area contributed by atoms with Crippen molar-refractivity contribution in [1.82, 2.24) is 0 Å². The van der Waals surface area contributed by atoms with Crippen molar-refractivity contribution < 1.29 is 28.2 Å². The van der Waals surface area contributed by atoms with E-state index in [2.05, 4.69) is 13.8 Å². The van der Waals surface area contributed by atoms with Crippen molar-refractivity contribution in [2.24, 2.45) is 0 Å². The number of thioether (sulfide) groups is 1. The lowest BCUT2D eigenvalue weighted by atomic mass is 10.1. The monoisotopic (exact) mass is 488 g/mol. The number of halogens is 1. The molecular weight excluding hydrogens is 455 g/mol. The van der Waals surface area contributed by atoms with E-state index in [1.54, 1.807) is 30.2 Å². The van der Waals surface area contributed by atoms with Crippen molar-refractivity contribution in [2.45, 2.75) is 63.7 Å². The summed E-state index contributed by atoms with van der Waals surface area (Å²) in [6, 6.07) is 8.75. The van der Waals surface area contributed by atoms with Crippen LogP contribution < -0.4 is 9.47 Å². The molecule has 3 rings (SSSR count). The first-order chi connectivity index (χ1) is 16.5. The number of carbonyl (C=O) groups is 1. The Bertz CT molecular complexity index is 1080. The number of fused-ring (bicyclic) bond motifs is 1. The van der Waals surface area contributed by atoms with E-state index in [1.165, 1.54) is 6.07 Å². The molecule has 0 spiro atoms. The number of benzene rings is 2. The molecule has 2 aromatic carbocycles. The maximum absolute atomic E-state index is 14.0. The Kier molecular flexibility index (Phi) is 10.1. The van der Waals surface area contributed by atoms with Gasteiger partial charge in [-0.3, -0.25) is 4.79 Å². The molecule has 0 saturated carbocycles. The number of rotatable bonds is 15. The second-order valence-electron chi connectivity index (χ2n) is 8.20. The zero-order chi connectivity index (χ0) is 24.3. The molecule has 0 aliphatic rings. The summed E-state index contributed by atoms with van der Waals surface area (Å²) < 4.78 is 31.9. The van der Waals surface area contributed by atoms with Crippen LogP contribution in [0.4, 0.5) is 4.39 Å². The van der Waals surface area contributed by atoms with Crippen LogP contribution in [0.3, 0.4) is 0 Å². The highest BCUT2D eigenvalue weighted by Gasteiger charge is 2.15. The predicted octanol–water partition coefficient (Wildman–Crippen LogP) is 7.28. The van der Waals surface area contributed by atoms with Gasteiger partial charge < -0.3 is 19.0 Å². The molecule has 1 aromatic heterocycles. The molecular formula is C27H33FO5S. The van der Waals surface area contributed by atoms with Gasteiger partial charge in [-0.1, -0.05) is 32.8 Å². The Morgan fingerprint density at radius 3 is 2.56 bits per heavy atom. The van der Waals surface area contributed by atoms with Crippen molar-refractivity contribution in [2.75, 3.05) is 19.0 Å². The number of hydrogen-bond acceptors (Lipinski definition) is 5. The first kappa shape index (κ1) is 25.9. The molecule has 184 valence electrons. The topological polar surface area (TPSA) is 68.9 Å². The first-order valence-electron chi connectivity index (χ1n) is 11.9. The molecule has 0 fully saturated rings. The van der Waals surface area contributed by atoms with E-state index >= 15 is 0 Å². The molecule has 5 nitrogen and oxygen atoms in total. The minimum atomic E-state index is -1.03. The number of furan rings is 1. The fourth-order valence-corrected chi connectivity index (χ4v) is 4.61. The van der Waals surface area contributed by atoms with E-state index in [-0.39, 0.29) is 12.0 Å². The van der Waals surface area contributed by atoms with Gasteiger partial charge >= 0.3 is 5.97 Å². The molecule has 34 heavy (non-hydrogen) atoms. The first-order valence-corrected chi connectivity index (χ1v) is 12.9. The number of unbranched alkanes of at least 4 members (excludes halogenated alkanes) is 2. The summed E-state index contributed by atoms with van der Waals surface area (Å²) in [5.41, 5.74) is 2.13. The van der Waals surface area contributed by atoms with Gasteiger partial charge in [0.2, 0.25) is 0 Å². The SMILES string of the molecule is CCCCOc1coc2c(CCC)c(OCCCCSc3ccc(CC(=O)O)c(F)c3)ccc12. The Balaban J connectivity index is 1.50. The third kappa shape index (κ3) is 7.16. The molecule has 0 amide bonds. The summed E-state index contributed by atoms with van der Waals surface area (Å²) in [4.78, 5) is 11.6. The molecule has 0 aliphatic heterocycles. The lowest BCUT2D eigenvalue weighted by Gasteiger charge is -2.12. The second-order valence-corrected chi connectivity index (χ2v) is 9.37. The second kappa shape index (κ2) is 13.3. The third-order valence-electron chi connectivity index (χ3n) is 5.45. The van der Waals surface area contributed by atoms with E-state index in [4.69, 9.17) is 19.0 Å². The quantitative estimate of drug-likeness (QED) is 0.179. The number of aliphatic carboxylic acids is 1. The molecule has 0 bridgehead atoms. The van der Waals surface area contributed by atoms with E-state index in [0.717, 1.165) is 77.2 Å². The van der Waals surface area contributed by atoms with Gasteiger partial charge in [0.25, 0.3) is 0 Å². The number of aryl methyl sites for hydroxylation is 1. The fourth-order valence-electron chi connectivity index (χ4n) is 3.67. The van der Waals surface area contributed by atoms with Crippen LogP contribution in [0.1, 0.15) is 57.1 Å². The van der Waals surface area contributed by atoms with Gasteiger partial charge in [-0.2, -0.15) is 0 Å². The van der Waals surface area contributed by atoms with Gasteiger partial charge in [-0.15, -0.1) is 11.8 Å². The smallest absolute Gasteiger partial charge is 0.307 e. The minimum absolute atomic E-state index is 0.210. The van der Waals surface area contributed by atoms with Gasteiger partial charge in [-0.05, 0) is 61.3 Å². The molecule has 3 aromatic rings. The highest BCUT2D eigenvalue weighted by Crippen LogP contribution is 2.36.